The predicted octanol–water partition coefficient (Wildman–Crippen LogP) is 1.82. The fourth-order valence-electron chi connectivity index (χ4n) is 2.06. The number of anilines is 1. The van der Waals surface area contributed by atoms with E-state index in [1.807, 2.05) is 0 Å². The van der Waals surface area contributed by atoms with Gasteiger partial charge >= 0.3 is 0 Å². The van der Waals surface area contributed by atoms with Gasteiger partial charge in [0.1, 0.15) is 0 Å². The SMILES string of the molecule is CCCCn1nnc(NC(=S)NC(=O)c2cccc([N+](=O)[O-])c2C)n1. The second-order valence-electron chi connectivity index (χ2n) is 5.18. The van der Waals surface area contributed by atoms with Gasteiger partial charge in [-0.25, -0.2) is 0 Å². The molecule has 0 atom stereocenters. The van der Waals surface area contributed by atoms with Crippen molar-refractivity contribution in [1.29, 1.82) is 0 Å². The Morgan fingerprint density at radius 2 is 2.20 bits per heavy atom. The topological polar surface area (TPSA) is 128 Å². The van der Waals surface area contributed by atoms with E-state index in [4.69, 9.17) is 12.2 Å². The molecule has 132 valence electrons. The molecule has 0 fully saturated rings. The van der Waals surface area contributed by atoms with E-state index in [-0.39, 0.29) is 27.9 Å². The average Bonchev–Trinajstić information content (AvgIpc) is 2.99. The Balaban J connectivity index is 2.01. The van der Waals surface area contributed by atoms with Crippen LogP contribution < -0.4 is 10.6 Å². The smallest absolute Gasteiger partial charge is 0.273 e. The van der Waals surface area contributed by atoms with Crippen LogP contribution in [0.25, 0.3) is 0 Å². The normalized spacial score (nSPS) is 10.3. The molecule has 0 bridgehead atoms. The van der Waals surface area contributed by atoms with Crippen LogP contribution >= 0.6 is 12.2 Å². The standard InChI is InChI=1S/C14H17N7O3S/c1-3-4-8-20-18-13(17-19-20)16-14(25)15-12(22)10-6-5-7-11(9(10)2)21(23)24/h5-7H,3-4,8H2,1-2H3,(H2,15,16,18,22,25). The zero-order chi connectivity index (χ0) is 18.4. The fourth-order valence-corrected chi connectivity index (χ4v) is 2.24. The first-order chi connectivity index (χ1) is 11.9. The van der Waals surface area contributed by atoms with E-state index in [0.29, 0.717) is 6.54 Å². The van der Waals surface area contributed by atoms with E-state index in [9.17, 15) is 14.9 Å². The number of tetrazole rings is 1. The lowest BCUT2D eigenvalue weighted by Crippen LogP contribution is -2.34. The molecule has 2 rings (SSSR count). The molecule has 0 aliphatic carbocycles. The van der Waals surface area contributed by atoms with Gasteiger partial charge in [0, 0.05) is 17.2 Å². The van der Waals surface area contributed by atoms with Crippen LogP contribution in [0.5, 0.6) is 0 Å². The van der Waals surface area contributed by atoms with Crippen LogP contribution in [0.4, 0.5) is 11.6 Å². The number of hydrogen-bond donors (Lipinski definition) is 2. The van der Waals surface area contributed by atoms with Crippen LogP contribution in [0.1, 0.15) is 35.7 Å². The third-order valence-electron chi connectivity index (χ3n) is 3.36. The number of thiocarbonyl (C=S) groups is 1. The second-order valence-corrected chi connectivity index (χ2v) is 5.59. The Kier molecular flexibility index (Phi) is 6.06. The monoisotopic (exact) mass is 363 g/mol. The first-order valence-corrected chi connectivity index (χ1v) is 7.97. The van der Waals surface area contributed by atoms with Gasteiger partial charge in [0.2, 0.25) is 0 Å². The van der Waals surface area contributed by atoms with Gasteiger partial charge in [-0.15, -0.1) is 5.10 Å². The Hall–Kier alpha value is -2.95. The number of nitrogens with one attached hydrogen (secondary N) is 2. The van der Waals surface area contributed by atoms with Gasteiger partial charge in [-0.05, 0) is 36.8 Å². The molecule has 2 N–H and O–H groups in total. The molecule has 0 aliphatic rings. The van der Waals surface area contributed by atoms with Crippen molar-refractivity contribution in [1.82, 2.24) is 25.5 Å². The van der Waals surface area contributed by atoms with Gasteiger partial charge < -0.3 is 0 Å². The molecule has 1 amide bonds. The lowest BCUT2D eigenvalue weighted by atomic mass is 10.1. The molecule has 0 aliphatic heterocycles. The highest BCUT2D eigenvalue weighted by atomic mass is 32.1. The maximum Gasteiger partial charge on any atom is 0.273 e. The summed E-state index contributed by atoms with van der Waals surface area (Å²) in [6.07, 6.45) is 1.92. The number of rotatable bonds is 6. The Labute approximate surface area is 148 Å². The summed E-state index contributed by atoms with van der Waals surface area (Å²) in [6.45, 7) is 4.19. The minimum atomic E-state index is -0.558. The summed E-state index contributed by atoms with van der Waals surface area (Å²) in [5.74, 6) is -0.394. The van der Waals surface area contributed by atoms with Crippen molar-refractivity contribution in [3.63, 3.8) is 0 Å². The van der Waals surface area contributed by atoms with Gasteiger partial charge in [0.15, 0.2) is 5.11 Å². The molecule has 0 unspecified atom stereocenters. The van der Waals surface area contributed by atoms with E-state index in [1.165, 1.54) is 29.9 Å². The molecule has 1 heterocycles. The lowest BCUT2D eigenvalue weighted by Gasteiger charge is -2.08. The quantitative estimate of drug-likeness (QED) is 0.452. The Morgan fingerprint density at radius 3 is 2.88 bits per heavy atom. The summed E-state index contributed by atoms with van der Waals surface area (Å²) in [7, 11) is 0. The number of carbonyl (C=O) groups excluding carboxylic acids is 1. The third kappa shape index (κ3) is 4.76. The van der Waals surface area contributed by atoms with Gasteiger partial charge in [-0.1, -0.05) is 24.5 Å². The van der Waals surface area contributed by atoms with Crippen LogP contribution in [-0.4, -0.2) is 36.2 Å². The van der Waals surface area contributed by atoms with Crippen LogP contribution in [-0.2, 0) is 6.54 Å². The van der Waals surface area contributed by atoms with Crippen molar-refractivity contribution >= 4 is 34.9 Å². The molecule has 1 aromatic heterocycles. The molecule has 0 saturated heterocycles. The number of unbranched alkanes of at least 4 members (excludes halogenated alkanes) is 1. The predicted molar refractivity (Wildman–Crippen MR) is 94.2 cm³/mol. The van der Waals surface area contributed by atoms with E-state index in [2.05, 4.69) is 33.0 Å². The van der Waals surface area contributed by atoms with Crippen LogP contribution in [0, 0.1) is 17.0 Å². The Morgan fingerprint density at radius 1 is 1.44 bits per heavy atom. The summed E-state index contributed by atoms with van der Waals surface area (Å²) < 4.78 is 0. The zero-order valence-electron chi connectivity index (χ0n) is 13.7. The molecule has 0 spiro atoms. The number of nitro groups is 1. The van der Waals surface area contributed by atoms with Crippen molar-refractivity contribution < 1.29 is 9.72 Å². The molecule has 11 heteroatoms. The molecule has 0 saturated carbocycles. The summed E-state index contributed by atoms with van der Waals surface area (Å²) in [5.41, 5.74) is 0.293. The third-order valence-corrected chi connectivity index (χ3v) is 3.57. The number of aryl methyl sites for hydroxylation is 1. The highest BCUT2D eigenvalue weighted by Crippen LogP contribution is 2.20. The first kappa shape index (κ1) is 18.4. The molecular formula is C14H17N7O3S. The highest BCUT2D eigenvalue weighted by Gasteiger charge is 2.18. The second kappa shape index (κ2) is 8.24. The summed E-state index contributed by atoms with van der Waals surface area (Å²) in [6, 6.07) is 4.26. The number of carbonyl (C=O) groups is 1. The number of nitrogens with zero attached hydrogens (tertiary/aromatic N) is 5. The molecule has 10 nitrogen and oxygen atoms in total. The van der Waals surface area contributed by atoms with Crippen LogP contribution in [0.15, 0.2) is 18.2 Å². The maximum absolute atomic E-state index is 12.3. The largest absolute Gasteiger partial charge is 0.299 e. The van der Waals surface area contributed by atoms with Crippen molar-refractivity contribution in [2.24, 2.45) is 0 Å². The van der Waals surface area contributed by atoms with Crippen molar-refractivity contribution in [2.75, 3.05) is 5.32 Å². The Bertz CT molecular complexity index is 805. The number of aromatic nitrogens is 4. The number of amides is 1. The van der Waals surface area contributed by atoms with E-state index in [1.54, 1.807) is 0 Å². The minimum Gasteiger partial charge on any atom is -0.299 e. The van der Waals surface area contributed by atoms with Crippen LogP contribution in [0.3, 0.4) is 0 Å². The lowest BCUT2D eigenvalue weighted by molar-refractivity contribution is -0.385. The van der Waals surface area contributed by atoms with Crippen molar-refractivity contribution in [2.45, 2.75) is 33.2 Å². The number of benzene rings is 1. The van der Waals surface area contributed by atoms with Gasteiger partial charge in [-0.2, -0.15) is 4.80 Å². The summed E-state index contributed by atoms with van der Waals surface area (Å²) in [5, 5.41) is 27.7. The molecule has 1 aromatic carbocycles. The minimum absolute atomic E-state index is 0.0223. The molecule has 25 heavy (non-hydrogen) atoms. The molecule has 0 radical (unpaired) electrons. The highest BCUT2D eigenvalue weighted by molar-refractivity contribution is 7.80. The average molecular weight is 363 g/mol. The summed E-state index contributed by atoms with van der Waals surface area (Å²) >= 11 is 5.04. The zero-order valence-corrected chi connectivity index (χ0v) is 14.5. The molecular weight excluding hydrogens is 346 g/mol. The van der Waals surface area contributed by atoms with Gasteiger partial charge in [0.05, 0.1) is 11.5 Å². The molecule has 2 aromatic rings. The van der Waals surface area contributed by atoms with E-state index < -0.39 is 10.8 Å². The van der Waals surface area contributed by atoms with Crippen LogP contribution in [0.2, 0.25) is 0 Å². The van der Waals surface area contributed by atoms with Crippen molar-refractivity contribution in [3.8, 4) is 0 Å². The van der Waals surface area contributed by atoms with Gasteiger partial charge in [-0.3, -0.25) is 25.5 Å². The first-order valence-electron chi connectivity index (χ1n) is 7.56. The van der Waals surface area contributed by atoms with Crippen molar-refractivity contribution in [3.05, 3.63) is 39.4 Å². The number of hydrogen-bond acceptors (Lipinski definition) is 7. The fraction of sp³-hybridized carbons (Fsp3) is 0.357. The van der Waals surface area contributed by atoms with E-state index >= 15 is 0 Å². The summed E-state index contributed by atoms with van der Waals surface area (Å²) in [4.78, 5) is 24.1. The maximum atomic E-state index is 12.3. The van der Waals surface area contributed by atoms with Gasteiger partial charge in [0.25, 0.3) is 17.5 Å². The van der Waals surface area contributed by atoms with E-state index in [0.717, 1.165) is 12.8 Å². The number of nitro benzene ring substituents is 1.